The molecule has 1 unspecified atom stereocenters. The van der Waals surface area contributed by atoms with Crippen LogP contribution in [-0.4, -0.2) is 65.1 Å². The third-order valence-corrected chi connectivity index (χ3v) is 6.32. The van der Waals surface area contributed by atoms with Crippen molar-refractivity contribution in [2.24, 2.45) is 16.6 Å². The maximum atomic E-state index is 12.4. The lowest BCUT2D eigenvalue weighted by Gasteiger charge is -2.34. The zero-order chi connectivity index (χ0) is 22.0. The number of sulfonamides is 1. The van der Waals surface area contributed by atoms with Crippen molar-refractivity contribution in [1.82, 2.24) is 14.9 Å². The van der Waals surface area contributed by atoms with E-state index < -0.39 is 10.0 Å². The van der Waals surface area contributed by atoms with Gasteiger partial charge < -0.3 is 20.7 Å². The molecule has 1 aliphatic rings. The van der Waals surface area contributed by atoms with E-state index in [9.17, 15) is 13.2 Å². The van der Waals surface area contributed by atoms with Gasteiger partial charge in [-0.05, 0) is 43.4 Å². The molecular weight excluding hydrogens is 533 g/mol. The first-order chi connectivity index (χ1) is 14.4. The van der Waals surface area contributed by atoms with Gasteiger partial charge in [-0.15, -0.1) is 24.0 Å². The van der Waals surface area contributed by atoms with Crippen LogP contribution in [0.1, 0.15) is 31.7 Å². The Morgan fingerprint density at radius 1 is 1.39 bits per heavy atom. The van der Waals surface area contributed by atoms with Gasteiger partial charge in [0.25, 0.3) is 0 Å². The lowest BCUT2D eigenvalue weighted by Crippen LogP contribution is -2.47. The van der Waals surface area contributed by atoms with Crippen LogP contribution in [0.3, 0.4) is 0 Å². The summed E-state index contributed by atoms with van der Waals surface area (Å²) in [5, 5.41) is 3.29. The molecule has 1 heterocycles. The Labute approximate surface area is 202 Å². The third kappa shape index (κ3) is 9.29. The van der Waals surface area contributed by atoms with E-state index in [4.69, 9.17) is 15.5 Å². The summed E-state index contributed by atoms with van der Waals surface area (Å²) in [6, 6.07) is 6.76. The van der Waals surface area contributed by atoms with Crippen molar-refractivity contribution in [1.29, 1.82) is 0 Å². The van der Waals surface area contributed by atoms with E-state index in [0.717, 1.165) is 37.5 Å². The number of hydrogen-bond donors (Lipinski definition) is 3. The van der Waals surface area contributed by atoms with E-state index >= 15 is 0 Å². The number of halogens is 1. The molecule has 0 aliphatic carbocycles. The molecule has 4 N–H and O–H groups in total. The van der Waals surface area contributed by atoms with Crippen molar-refractivity contribution >= 4 is 45.9 Å². The van der Waals surface area contributed by atoms with Crippen molar-refractivity contribution in [3.8, 4) is 0 Å². The van der Waals surface area contributed by atoms with E-state index in [-0.39, 0.29) is 47.2 Å². The number of hydrogen-bond acceptors (Lipinski definition) is 5. The van der Waals surface area contributed by atoms with Gasteiger partial charge in [-0.3, -0.25) is 4.79 Å². The second-order valence-corrected chi connectivity index (χ2v) is 9.10. The number of likely N-dealkylation sites (tertiary alicyclic amines) is 1. The first-order valence-corrected chi connectivity index (χ1v) is 11.7. The number of carbonyl (C=O) groups excluding carboxylic acids is 1. The summed E-state index contributed by atoms with van der Waals surface area (Å²) < 4.78 is 32.2. The smallest absolute Gasteiger partial charge is 0.240 e. The van der Waals surface area contributed by atoms with Gasteiger partial charge in [0.05, 0.1) is 18.0 Å². The lowest BCUT2D eigenvalue weighted by molar-refractivity contribution is -0.119. The molecule has 0 aromatic heterocycles. The minimum Gasteiger partial charge on any atom is -0.383 e. The minimum absolute atomic E-state index is 0. The zero-order valence-electron chi connectivity index (χ0n) is 18.2. The Morgan fingerprint density at radius 3 is 2.84 bits per heavy atom. The molecule has 9 nitrogen and oxygen atoms in total. The van der Waals surface area contributed by atoms with E-state index in [0.29, 0.717) is 26.1 Å². The fourth-order valence-electron chi connectivity index (χ4n) is 3.47. The fraction of sp³-hybridized carbons (Fsp3) is 0.600. The SMILES string of the molecule is CCNC(=NCc1cccc(S(=O)(=O)NCCOC)c1)N1CCCC(CC(N)=O)C1.I. The van der Waals surface area contributed by atoms with Gasteiger partial charge in [0, 0.05) is 39.7 Å². The van der Waals surface area contributed by atoms with Crippen LogP contribution in [-0.2, 0) is 26.1 Å². The number of ether oxygens (including phenoxy) is 1. The quantitative estimate of drug-likeness (QED) is 0.169. The highest BCUT2D eigenvalue weighted by Crippen LogP contribution is 2.20. The van der Waals surface area contributed by atoms with Crippen LogP contribution in [0.25, 0.3) is 0 Å². The molecule has 1 atom stereocenters. The van der Waals surface area contributed by atoms with Gasteiger partial charge in [0.1, 0.15) is 0 Å². The number of methoxy groups -OCH3 is 1. The van der Waals surface area contributed by atoms with Gasteiger partial charge in [-0.2, -0.15) is 0 Å². The maximum Gasteiger partial charge on any atom is 0.240 e. The molecule has 2 rings (SSSR count). The summed E-state index contributed by atoms with van der Waals surface area (Å²) in [6.07, 6.45) is 2.34. The molecule has 0 saturated carbocycles. The predicted octanol–water partition coefficient (Wildman–Crippen LogP) is 1.28. The molecule has 0 bridgehead atoms. The molecule has 1 saturated heterocycles. The summed E-state index contributed by atoms with van der Waals surface area (Å²) in [6.45, 7) is 5.17. The van der Waals surface area contributed by atoms with E-state index in [1.165, 1.54) is 7.11 Å². The Balaban J connectivity index is 0.00000480. The number of carbonyl (C=O) groups is 1. The molecule has 0 spiro atoms. The van der Waals surface area contributed by atoms with Crippen molar-refractivity contribution in [2.45, 2.75) is 37.6 Å². The van der Waals surface area contributed by atoms with Gasteiger partial charge in [0.2, 0.25) is 15.9 Å². The minimum atomic E-state index is -3.59. The van der Waals surface area contributed by atoms with Gasteiger partial charge >= 0.3 is 0 Å². The standard InChI is InChI=1S/C20H33N5O4S.HI/c1-3-22-20(25-10-5-7-17(15-25)13-19(21)26)23-14-16-6-4-8-18(12-16)30(27,28)24-9-11-29-2;/h4,6,8,12,17,24H,3,5,7,9-11,13-15H2,1-2H3,(H2,21,26)(H,22,23);1H. The molecule has 1 aromatic rings. The molecule has 1 amide bonds. The Bertz CT molecular complexity index is 835. The summed E-state index contributed by atoms with van der Waals surface area (Å²) in [5.41, 5.74) is 6.16. The number of piperidine rings is 1. The van der Waals surface area contributed by atoms with Crippen molar-refractivity contribution in [3.63, 3.8) is 0 Å². The van der Waals surface area contributed by atoms with Gasteiger partial charge in [-0.1, -0.05) is 12.1 Å². The van der Waals surface area contributed by atoms with Crippen LogP contribution in [0.4, 0.5) is 0 Å². The molecule has 1 aliphatic heterocycles. The highest BCUT2D eigenvalue weighted by atomic mass is 127. The number of amides is 1. The van der Waals surface area contributed by atoms with E-state index in [1.54, 1.807) is 18.2 Å². The molecule has 1 fully saturated rings. The van der Waals surface area contributed by atoms with Crippen LogP contribution in [0, 0.1) is 5.92 Å². The third-order valence-electron chi connectivity index (χ3n) is 4.86. The van der Waals surface area contributed by atoms with Crippen molar-refractivity contribution in [3.05, 3.63) is 29.8 Å². The van der Waals surface area contributed by atoms with Gasteiger partial charge in [0.15, 0.2) is 5.96 Å². The topological polar surface area (TPSA) is 126 Å². The molecular formula is C20H34IN5O4S. The Kier molecular flexibility index (Phi) is 12.3. The number of nitrogens with one attached hydrogen (secondary N) is 2. The maximum absolute atomic E-state index is 12.4. The van der Waals surface area contributed by atoms with Crippen LogP contribution < -0.4 is 15.8 Å². The number of primary amides is 1. The molecule has 11 heteroatoms. The van der Waals surface area contributed by atoms with Crippen LogP contribution in [0.15, 0.2) is 34.2 Å². The highest BCUT2D eigenvalue weighted by Gasteiger charge is 2.23. The lowest BCUT2D eigenvalue weighted by atomic mass is 9.95. The zero-order valence-corrected chi connectivity index (χ0v) is 21.3. The number of nitrogens with two attached hydrogens (primary N) is 1. The molecule has 1 aromatic carbocycles. The summed E-state index contributed by atoms with van der Waals surface area (Å²) >= 11 is 0. The number of guanidine groups is 1. The molecule has 0 radical (unpaired) electrons. The van der Waals surface area contributed by atoms with E-state index in [1.807, 2.05) is 13.0 Å². The first kappa shape index (κ1) is 27.6. The Morgan fingerprint density at radius 2 is 2.16 bits per heavy atom. The van der Waals surface area contributed by atoms with Crippen molar-refractivity contribution < 1.29 is 17.9 Å². The normalized spacial score (nSPS) is 17.2. The fourth-order valence-corrected chi connectivity index (χ4v) is 4.56. The van der Waals surface area contributed by atoms with Crippen LogP contribution in [0.2, 0.25) is 0 Å². The second kappa shape index (κ2) is 13.9. The highest BCUT2D eigenvalue weighted by molar-refractivity contribution is 14.0. The van der Waals surface area contributed by atoms with E-state index in [2.05, 4.69) is 14.9 Å². The monoisotopic (exact) mass is 567 g/mol. The number of rotatable bonds is 10. The van der Waals surface area contributed by atoms with Crippen LogP contribution in [0.5, 0.6) is 0 Å². The number of aliphatic imine (C=N–C) groups is 1. The average molecular weight is 567 g/mol. The molecule has 176 valence electrons. The van der Waals surface area contributed by atoms with Crippen molar-refractivity contribution in [2.75, 3.05) is 39.9 Å². The summed E-state index contributed by atoms with van der Waals surface area (Å²) in [5.74, 6) is 0.714. The number of nitrogens with zero attached hydrogens (tertiary/aromatic N) is 2. The van der Waals surface area contributed by atoms with Gasteiger partial charge in [-0.25, -0.2) is 18.1 Å². The molecule has 31 heavy (non-hydrogen) atoms. The summed E-state index contributed by atoms with van der Waals surface area (Å²) in [4.78, 5) is 18.3. The number of benzene rings is 1. The largest absolute Gasteiger partial charge is 0.383 e. The first-order valence-electron chi connectivity index (χ1n) is 10.2. The second-order valence-electron chi connectivity index (χ2n) is 7.33. The average Bonchev–Trinajstić information content (AvgIpc) is 2.71. The summed E-state index contributed by atoms with van der Waals surface area (Å²) in [7, 11) is -2.07. The van der Waals surface area contributed by atoms with Crippen LogP contribution >= 0.6 is 24.0 Å². The Hall–Kier alpha value is -1.44. The predicted molar refractivity (Wildman–Crippen MR) is 132 cm³/mol.